The van der Waals surface area contributed by atoms with Crippen molar-refractivity contribution in [2.45, 2.75) is 0 Å². The number of imidazole rings is 6. The molecule has 0 N–H and O–H groups in total. The zero-order chi connectivity index (χ0) is 39.1. The van der Waals surface area contributed by atoms with Gasteiger partial charge in [-0.1, -0.05) is 84.9 Å². The molecule has 0 spiro atoms. The van der Waals surface area contributed by atoms with Gasteiger partial charge in [-0.3, -0.25) is 17.8 Å². The second-order valence-corrected chi connectivity index (χ2v) is 15.0. The lowest BCUT2D eigenvalue weighted by Crippen LogP contribution is -2.11. The molecular formula is C48H28N12. The van der Waals surface area contributed by atoms with Crippen molar-refractivity contribution in [1.29, 1.82) is 0 Å². The molecule has 0 atom stereocenters. The molecule has 280 valence electrons. The van der Waals surface area contributed by atoms with E-state index in [1.54, 1.807) is 0 Å². The highest BCUT2D eigenvalue weighted by Gasteiger charge is 2.26. The molecule has 0 fully saturated rings. The molecule has 0 amide bonds. The molecule has 0 bridgehead atoms. The fourth-order valence-corrected chi connectivity index (χ4v) is 9.22. The molecule has 12 heteroatoms. The van der Waals surface area contributed by atoms with Crippen LogP contribution in [0.1, 0.15) is 0 Å². The topological polar surface area (TPSA) is 105 Å². The Morgan fingerprint density at radius 1 is 0.267 bits per heavy atom. The van der Waals surface area contributed by atoms with Crippen molar-refractivity contribution < 1.29 is 0 Å². The van der Waals surface area contributed by atoms with Crippen LogP contribution in [-0.4, -0.2) is 56.8 Å². The van der Waals surface area contributed by atoms with E-state index in [1.807, 2.05) is 88.0 Å². The number of nitrogens with zero attached hydrogens (tertiary/aromatic N) is 12. The van der Waals surface area contributed by atoms with Gasteiger partial charge in [-0.15, -0.1) is 0 Å². The number of hydrogen-bond donors (Lipinski definition) is 0. The minimum atomic E-state index is 0.424. The molecule has 60 heavy (non-hydrogen) atoms. The number of fused-ring (bicyclic) bond motifs is 15. The Morgan fingerprint density at radius 3 is 1.05 bits per heavy atom. The molecule has 14 aromatic rings. The largest absolute Gasteiger partial charge is 0.277 e. The summed E-state index contributed by atoms with van der Waals surface area (Å²) in [4.78, 5) is 31.8. The summed E-state index contributed by atoms with van der Waals surface area (Å²) >= 11 is 0. The van der Waals surface area contributed by atoms with Gasteiger partial charge in [-0.25, -0.2) is 24.1 Å². The predicted molar refractivity (Wildman–Crippen MR) is 235 cm³/mol. The first kappa shape index (κ1) is 31.4. The van der Waals surface area contributed by atoms with Gasteiger partial charge in [0.15, 0.2) is 5.82 Å². The molecule has 0 radical (unpaired) electrons. The van der Waals surface area contributed by atoms with E-state index in [0.717, 1.165) is 83.2 Å². The summed E-state index contributed by atoms with van der Waals surface area (Å²) in [7, 11) is 0. The van der Waals surface area contributed by atoms with Gasteiger partial charge in [0.05, 0.1) is 71.9 Å². The minimum Gasteiger partial charge on any atom is -0.277 e. The van der Waals surface area contributed by atoms with Crippen molar-refractivity contribution in [2.75, 3.05) is 0 Å². The van der Waals surface area contributed by atoms with E-state index in [-0.39, 0.29) is 0 Å². The fraction of sp³-hybridized carbons (Fsp3) is 0. The van der Waals surface area contributed by atoms with Crippen LogP contribution in [0.4, 0.5) is 0 Å². The smallest absolute Gasteiger partial charge is 0.242 e. The third-order valence-corrected chi connectivity index (χ3v) is 11.7. The molecule has 0 saturated carbocycles. The fourth-order valence-electron chi connectivity index (χ4n) is 9.22. The van der Waals surface area contributed by atoms with Crippen LogP contribution in [-0.2, 0) is 0 Å². The second kappa shape index (κ2) is 11.5. The summed E-state index contributed by atoms with van der Waals surface area (Å²) in [6, 6.07) is 57.9. The van der Waals surface area contributed by atoms with Crippen LogP contribution in [0.3, 0.4) is 0 Å². The maximum Gasteiger partial charge on any atom is 0.242 e. The first-order chi connectivity index (χ1) is 29.8. The van der Waals surface area contributed by atoms with Crippen LogP contribution in [0.15, 0.2) is 170 Å². The highest BCUT2D eigenvalue weighted by atomic mass is 15.3. The van der Waals surface area contributed by atoms with E-state index in [0.29, 0.717) is 29.3 Å². The molecule has 14 rings (SSSR count). The molecule has 0 unspecified atom stereocenters. The Morgan fingerprint density at radius 2 is 0.600 bits per heavy atom. The standard InChI is InChI=1S/C48H28N12/c1-5-19-33(55-37-23-9-10-24-38(37)56-34-20-6-2-16-30(34)49-46(55)56)29(15-1)43-52-44(59-41-27-13-11-25-39(41)57-35-21-7-3-17-31(35)50-47(57)59)54-45(53-43)60-42-28-14-12-26-40(42)58-36-22-8-4-18-32(36)51-48(58)60/h1-28H. The van der Waals surface area contributed by atoms with E-state index >= 15 is 0 Å². The monoisotopic (exact) mass is 772 g/mol. The van der Waals surface area contributed by atoms with E-state index < -0.39 is 0 Å². The Hall–Kier alpha value is -8.64. The SMILES string of the molecule is c1ccc(-n2c3ccccc3n3c4ccccc4nc23)c(-c2nc(-n3c4ccccc4n4c5ccccc5nc34)nc(-n3c4ccccc4n4c5ccccc5nc34)n2)c1. The first-order valence-corrected chi connectivity index (χ1v) is 19.7. The lowest BCUT2D eigenvalue weighted by Gasteiger charge is -2.14. The van der Waals surface area contributed by atoms with Crippen molar-refractivity contribution >= 4 is 83.5 Å². The maximum atomic E-state index is 5.41. The molecule has 7 aromatic carbocycles. The van der Waals surface area contributed by atoms with Gasteiger partial charge in [-0.05, 0) is 84.9 Å². The maximum absolute atomic E-state index is 5.41. The normalized spacial score (nSPS) is 12.3. The van der Waals surface area contributed by atoms with Gasteiger partial charge >= 0.3 is 0 Å². The predicted octanol–water partition coefficient (Wildman–Crippen LogP) is 9.77. The Balaban J connectivity index is 1.12. The Kier molecular flexibility index (Phi) is 6.02. The highest BCUT2D eigenvalue weighted by molar-refractivity contribution is 5.95. The van der Waals surface area contributed by atoms with Crippen LogP contribution in [0.5, 0.6) is 0 Å². The molecule has 0 aliphatic rings. The Labute approximate surface area is 338 Å². The molecule has 7 aromatic heterocycles. The van der Waals surface area contributed by atoms with E-state index in [9.17, 15) is 0 Å². The molecular weight excluding hydrogens is 745 g/mol. The zero-order valence-electron chi connectivity index (χ0n) is 31.5. The minimum absolute atomic E-state index is 0.424. The quantitative estimate of drug-likeness (QED) is 0.176. The van der Waals surface area contributed by atoms with Crippen LogP contribution in [0.2, 0.25) is 0 Å². The van der Waals surface area contributed by atoms with Crippen molar-refractivity contribution in [3.8, 4) is 29.0 Å². The van der Waals surface area contributed by atoms with Crippen molar-refractivity contribution in [3.63, 3.8) is 0 Å². The molecule has 7 heterocycles. The Bertz CT molecular complexity index is 3930. The van der Waals surface area contributed by atoms with Crippen LogP contribution in [0.25, 0.3) is 113 Å². The van der Waals surface area contributed by atoms with Crippen molar-refractivity contribution in [2.24, 2.45) is 0 Å². The van der Waals surface area contributed by atoms with Gasteiger partial charge in [0, 0.05) is 5.56 Å². The van der Waals surface area contributed by atoms with Crippen molar-refractivity contribution in [3.05, 3.63) is 170 Å². The number of aromatic nitrogens is 12. The van der Waals surface area contributed by atoms with Crippen molar-refractivity contribution in [1.82, 2.24) is 56.8 Å². The highest BCUT2D eigenvalue weighted by Crippen LogP contribution is 2.36. The summed E-state index contributed by atoms with van der Waals surface area (Å²) in [5.74, 6) is 3.52. The van der Waals surface area contributed by atoms with Gasteiger partial charge in [-0.2, -0.15) is 15.0 Å². The lowest BCUT2D eigenvalue weighted by atomic mass is 10.1. The third kappa shape index (κ3) is 4.07. The lowest BCUT2D eigenvalue weighted by molar-refractivity contribution is 0.876. The summed E-state index contributed by atoms with van der Waals surface area (Å²) in [5, 5.41) is 0. The van der Waals surface area contributed by atoms with Gasteiger partial charge in [0.1, 0.15) is 0 Å². The van der Waals surface area contributed by atoms with E-state index in [4.69, 9.17) is 29.9 Å². The summed E-state index contributed by atoms with van der Waals surface area (Å²) in [6.45, 7) is 0. The molecule has 0 saturated heterocycles. The second-order valence-electron chi connectivity index (χ2n) is 15.0. The molecule has 12 nitrogen and oxygen atoms in total. The summed E-state index contributed by atoms with van der Waals surface area (Å²) < 4.78 is 12.9. The number of benzene rings is 7. The van der Waals surface area contributed by atoms with Crippen LogP contribution in [0, 0.1) is 0 Å². The summed E-state index contributed by atoms with van der Waals surface area (Å²) in [5.41, 5.74) is 13.3. The van der Waals surface area contributed by atoms with Crippen LogP contribution < -0.4 is 0 Å². The van der Waals surface area contributed by atoms with E-state index in [1.165, 1.54) is 0 Å². The van der Waals surface area contributed by atoms with Gasteiger partial charge < -0.3 is 0 Å². The molecule has 0 aliphatic heterocycles. The zero-order valence-corrected chi connectivity index (χ0v) is 31.5. The van der Waals surface area contributed by atoms with E-state index in [2.05, 4.69) is 109 Å². The third-order valence-electron chi connectivity index (χ3n) is 11.7. The van der Waals surface area contributed by atoms with Gasteiger partial charge in [0.2, 0.25) is 29.2 Å². The first-order valence-electron chi connectivity index (χ1n) is 19.7. The number of hydrogen-bond acceptors (Lipinski definition) is 6. The van der Waals surface area contributed by atoms with Crippen LogP contribution >= 0.6 is 0 Å². The molecule has 0 aliphatic carbocycles. The number of para-hydroxylation sites is 13. The average molecular weight is 773 g/mol. The van der Waals surface area contributed by atoms with Gasteiger partial charge in [0.25, 0.3) is 0 Å². The number of rotatable bonds is 4. The summed E-state index contributed by atoms with van der Waals surface area (Å²) in [6.07, 6.45) is 0. The average Bonchev–Trinajstić information content (AvgIpc) is 4.13.